The first-order chi connectivity index (χ1) is 13.3. The Bertz CT molecular complexity index is 766. The summed E-state index contributed by atoms with van der Waals surface area (Å²) in [4.78, 5) is 39.8. The monoisotopic (exact) mass is 450 g/mol. The zero-order chi connectivity index (χ0) is 23.7. The maximum atomic E-state index is 12.9. The Morgan fingerprint density at radius 3 is 2.03 bits per heavy atom. The molecule has 0 radical (unpaired) electrons. The summed E-state index contributed by atoms with van der Waals surface area (Å²) < 4.78 is 39.5. The van der Waals surface area contributed by atoms with Crippen molar-refractivity contribution in [3.05, 3.63) is 0 Å². The Morgan fingerprint density at radius 1 is 1.10 bits per heavy atom. The molecule has 2 unspecified atom stereocenters. The minimum atomic E-state index is -3.96. The second kappa shape index (κ2) is 9.09. The van der Waals surface area contributed by atoms with Gasteiger partial charge in [0.25, 0.3) is 10.1 Å². The number of amides is 3. The van der Waals surface area contributed by atoms with Crippen molar-refractivity contribution in [2.24, 2.45) is 5.92 Å². The SMILES string of the molecule is C[C@H](C(OS(C)(=O)=O)C1CCN(C(=O)OC(C)(C)C)C1=O)N(C)C(=O)OC(C)(C)C. The lowest BCUT2D eigenvalue weighted by molar-refractivity contribution is -0.133. The minimum absolute atomic E-state index is 0.0604. The van der Waals surface area contributed by atoms with E-state index in [2.05, 4.69) is 0 Å². The van der Waals surface area contributed by atoms with Crippen LogP contribution in [0.4, 0.5) is 9.59 Å². The largest absolute Gasteiger partial charge is 0.444 e. The molecule has 0 N–H and O–H groups in total. The van der Waals surface area contributed by atoms with Gasteiger partial charge in [0.1, 0.15) is 17.3 Å². The highest BCUT2D eigenvalue weighted by Gasteiger charge is 2.46. The van der Waals surface area contributed by atoms with E-state index >= 15 is 0 Å². The molecule has 1 aliphatic heterocycles. The summed E-state index contributed by atoms with van der Waals surface area (Å²) in [6, 6.07) is -0.831. The van der Waals surface area contributed by atoms with E-state index in [0.29, 0.717) is 0 Å². The van der Waals surface area contributed by atoms with Crippen LogP contribution in [0.25, 0.3) is 0 Å². The number of likely N-dealkylation sites (N-methyl/N-ethyl adjacent to an activating group) is 1. The molecule has 3 atom stereocenters. The van der Waals surface area contributed by atoms with Crippen LogP contribution in [0.1, 0.15) is 54.9 Å². The molecule has 1 aliphatic rings. The maximum Gasteiger partial charge on any atom is 0.417 e. The Kier molecular flexibility index (Phi) is 7.92. The fraction of sp³-hybridized carbons (Fsp3) is 0.842. The van der Waals surface area contributed by atoms with Crippen LogP contribution in [0.2, 0.25) is 0 Å². The molecular weight excluding hydrogens is 416 g/mol. The summed E-state index contributed by atoms with van der Waals surface area (Å²) in [5.74, 6) is -1.56. The van der Waals surface area contributed by atoms with E-state index in [-0.39, 0.29) is 13.0 Å². The van der Waals surface area contributed by atoms with Crippen LogP contribution in [0.15, 0.2) is 0 Å². The van der Waals surface area contributed by atoms with Gasteiger partial charge in [0, 0.05) is 13.6 Å². The van der Waals surface area contributed by atoms with Crippen LogP contribution in [0, 0.1) is 5.92 Å². The fourth-order valence-corrected chi connectivity index (χ4v) is 3.61. The molecular formula is C19H34N2O8S. The predicted molar refractivity (Wildman–Crippen MR) is 109 cm³/mol. The van der Waals surface area contributed by atoms with E-state index in [1.807, 2.05) is 0 Å². The second-order valence-electron chi connectivity index (χ2n) is 9.46. The van der Waals surface area contributed by atoms with Crippen LogP contribution in [-0.4, -0.2) is 79.5 Å². The van der Waals surface area contributed by atoms with E-state index < -0.39 is 57.5 Å². The van der Waals surface area contributed by atoms with Gasteiger partial charge >= 0.3 is 12.2 Å². The van der Waals surface area contributed by atoms with Crippen molar-refractivity contribution in [3.8, 4) is 0 Å². The average Bonchev–Trinajstić information content (AvgIpc) is 2.88. The Morgan fingerprint density at radius 2 is 1.60 bits per heavy atom. The van der Waals surface area contributed by atoms with Gasteiger partial charge in [-0.2, -0.15) is 8.42 Å². The number of hydrogen-bond acceptors (Lipinski definition) is 8. The van der Waals surface area contributed by atoms with Gasteiger partial charge in [0.2, 0.25) is 5.91 Å². The molecule has 0 saturated carbocycles. The van der Waals surface area contributed by atoms with Crippen molar-refractivity contribution in [3.63, 3.8) is 0 Å². The lowest BCUT2D eigenvalue weighted by atomic mass is 9.95. The van der Waals surface area contributed by atoms with Gasteiger partial charge in [-0.15, -0.1) is 0 Å². The average molecular weight is 451 g/mol. The first kappa shape index (κ1) is 26.2. The van der Waals surface area contributed by atoms with Gasteiger partial charge in [-0.3, -0.25) is 8.98 Å². The lowest BCUT2D eigenvalue weighted by Crippen LogP contribution is -2.51. The van der Waals surface area contributed by atoms with Crippen LogP contribution < -0.4 is 0 Å². The van der Waals surface area contributed by atoms with E-state index in [4.69, 9.17) is 13.7 Å². The summed E-state index contributed by atoms with van der Waals surface area (Å²) in [6.45, 7) is 11.8. The smallest absolute Gasteiger partial charge is 0.417 e. The second-order valence-corrected chi connectivity index (χ2v) is 11.1. The summed E-state index contributed by atoms with van der Waals surface area (Å²) in [5, 5.41) is 0. The van der Waals surface area contributed by atoms with E-state index in [0.717, 1.165) is 11.2 Å². The summed E-state index contributed by atoms with van der Waals surface area (Å²) in [5.41, 5.74) is -1.54. The molecule has 0 bridgehead atoms. The number of rotatable bonds is 5. The third-order valence-corrected chi connectivity index (χ3v) is 4.88. The first-order valence-electron chi connectivity index (χ1n) is 9.71. The number of carbonyl (C=O) groups excluding carboxylic acids is 3. The molecule has 0 aromatic rings. The van der Waals surface area contributed by atoms with Gasteiger partial charge in [0.05, 0.1) is 18.2 Å². The molecule has 0 spiro atoms. The highest BCUT2D eigenvalue weighted by Crippen LogP contribution is 2.29. The standard InChI is InChI=1S/C19H34N2O8S/c1-12(20(8)16(23)27-18(2,3)4)14(29-30(9,25)26)13-10-11-21(15(13)22)17(24)28-19(5,6)7/h12-14H,10-11H2,1-9H3/t12-,13?,14?/m1/s1. The molecule has 1 rings (SSSR count). The summed E-state index contributed by atoms with van der Waals surface area (Å²) >= 11 is 0. The van der Waals surface area contributed by atoms with Crippen molar-refractivity contribution in [1.82, 2.24) is 9.80 Å². The minimum Gasteiger partial charge on any atom is -0.444 e. The molecule has 174 valence electrons. The molecule has 10 nitrogen and oxygen atoms in total. The van der Waals surface area contributed by atoms with Gasteiger partial charge in [0.15, 0.2) is 0 Å². The topological polar surface area (TPSA) is 120 Å². The summed E-state index contributed by atoms with van der Waals surface area (Å²) in [7, 11) is -2.52. The zero-order valence-electron chi connectivity index (χ0n) is 19.2. The number of hydrogen-bond donors (Lipinski definition) is 0. The lowest BCUT2D eigenvalue weighted by Gasteiger charge is -2.34. The normalized spacial score (nSPS) is 20.0. The van der Waals surface area contributed by atoms with Crippen molar-refractivity contribution in [2.75, 3.05) is 19.8 Å². The Labute approximate surface area is 178 Å². The predicted octanol–water partition coefficient (Wildman–Crippen LogP) is 2.37. The van der Waals surface area contributed by atoms with Crippen LogP contribution >= 0.6 is 0 Å². The summed E-state index contributed by atoms with van der Waals surface area (Å²) in [6.07, 6.45) is -1.65. The number of carbonyl (C=O) groups is 3. The number of likely N-dealkylation sites (tertiary alicyclic amines) is 1. The molecule has 0 aliphatic carbocycles. The highest BCUT2D eigenvalue weighted by atomic mass is 32.2. The molecule has 3 amide bonds. The van der Waals surface area contributed by atoms with Crippen molar-refractivity contribution in [1.29, 1.82) is 0 Å². The number of ether oxygens (including phenoxy) is 2. The molecule has 1 heterocycles. The van der Waals surface area contributed by atoms with Gasteiger partial charge in [-0.25, -0.2) is 14.5 Å². The Balaban J connectivity index is 3.10. The molecule has 1 fully saturated rings. The van der Waals surface area contributed by atoms with E-state index in [1.165, 1.54) is 11.9 Å². The Hall–Kier alpha value is -1.88. The van der Waals surface area contributed by atoms with Gasteiger partial charge < -0.3 is 14.4 Å². The highest BCUT2D eigenvalue weighted by molar-refractivity contribution is 7.86. The van der Waals surface area contributed by atoms with Crippen LogP contribution in [0.3, 0.4) is 0 Å². The van der Waals surface area contributed by atoms with Crippen molar-refractivity contribution < 1.29 is 36.5 Å². The number of imide groups is 1. The van der Waals surface area contributed by atoms with Crippen LogP contribution in [0.5, 0.6) is 0 Å². The number of nitrogens with zero attached hydrogens (tertiary/aromatic N) is 2. The molecule has 0 aromatic carbocycles. The first-order valence-corrected chi connectivity index (χ1v) is 11.5. The van der Waals surface area contributed by atoms with Gasteiger partial charge in [-0.05, 0) is 54.9 Å². The van der Waals surface area contributed by atoms with E-state index in [9.17, 15) is 22.8 Å². The maximum absolute atomic E-state index is 12.9. The fourth-order valence-electron chi connectivity index (χ4n) is 2.91. The third-order valence-electron chi connectivity index (χ3n) is 4.31. The quantitative estimate of drug-likeness (QED) is 0.586. The molecule has 30 heavy (non-hydrogen) atoms. The molecule has 1 saturated heterocycles. The third kappa shape index (κ3) is 7.75. The van der Waals surface area contributed by atoms with Crippen molar-refractivity contribution in [2.45, 2.75) is 78.2 Å². The van der Waals surface area contributed by atoms with Crippen LogP contribution in [-0.2, 0) is 28.6 Å². The van der Waals surface area contributed by atoms with Gasteiger partial charge in [-0.1, -0.05) is 0 Å². The molecule has 11 heteroatoms. The zero-order valence-corrected chi connectivity index (χ0v) is 20.0. The van der Waals surface area contributed by atoms with Crippen molar-refractivity contribution >= 4 is 28.2 Å². The molecule has 0 aromatic heterocycles. The van der Waals surface area contributed by atoms with E-state index in [1.54, 1.807) is 48.5 Å².